The van der Waals surface area contributed by atoms with E-state index < -0.39 is 0 Å². The second-order valence-corrected chi connectivity index (χ2v) is 3.86. The quantitative estimate of drug-likeness (QED) is 0.586. The molecule has 10 heavy (non-hydrogen) atoms. The lowest BCUT2D eigenvalue weighted by molar-refractivity contribution is -0.120. The summed E-state index contributed by atoms with van der Waals surface area (Å²) in [6.45, 7) is 2.11. The van der Waals surface area contributed by atoms with Gasteiger partial charge in [0.15, 0.2) is 0 Å². The Morgan fingerprint density at radius 2 is 2.30 bits per heavy atom. The van der Waals surface area contributed by atoms with Crippen LogP contribution in [0.5, 0.6) is 0 Å². The molecule has 0 spiro atoms. The Hall–Kier alpha value is 0.200. The van der Waals surface area contributed by atoms with E-state index in [4.69, 9.17) is 0 Å². The van der Waals surface area contributed by atoms with Crippen molar-refractivity contribution in [3.05, 3.63) is 0 Å². The van der Waals surface area contributed by atoms with Crippen molar-refractivity contribution in [3.63, 3.8) is 0 Å². The van der Waals surface area contributed by atoms with E-state index in [9.17, 15) is 4.79 Å². The Kier molecular flexibility index (Phi) is 2.55. The van der Waals surface area contributed by atoms with Gasteiger partial charge < -0.3 is 5.32 Å². The Morgan fingerprint density at radius 1 is 1.70 bits per heavy atom. The highest BCUT2D eigenvalue weighted by Gasteiger charge is 2.32. The molecule has 3 heteroatoms. The number of rotatable bonds is 2. The normalized spacial score (nSPS) is 21.4. The lowest BCUT2D eigenvalue weighted by Gasteiger charge is -2.38. The fourth-order valence-electron chi connectivity index (χ4n) is 1.20. The molecule has 0 saturated heterocycles. The smallest absolute Gasteiger partial charge is 0.230 e. The lowest BCUT2D eigenvalue weighted by Crippen LogP contribution is -2.51. The number of amides is 1. The van der Waals surface area contributed by atoms with Gasteiger partial charge in [-0.2, -0.15) is 0 Å². The van der Waals surface area contributed by atoms with E-state index in [0.717, 1.165) is 12.8 Å². The highest BCUT2D eigenvalue weighted by Crippen LogP contribution is 2.30. The summed E-state index contributed by atoms with van der Waals surface area (Å²) in [6.07, 6.45) is 3.56. The second kappa shape index (κ2) is 3.07. The summed E-state index contributed by atoms with van der Waals surface area (Å²) in [5, 5.41) is 3.00. The minimum Gasteiger partial charge on any atom is -0.350 e. The summed E-state index contributed by atoms with van der Waals surface area (Å²) in [6, 6.07) is 0. The van der Waals surface area contributed by atoms with E-state index in [1.54, 1.807) is 0 Å². The van der Waals surface area contributed by atoms with Crippen LogP contribution in [-0.2, 0) is 4.79 Å². The van der Waals surface area contributed by atoms with Crippen LogP contribution < -0.4 is 5.32 Å². The first-order valence-electron chi connectivity index (χ1n) is 3.53. The van der Waals surface area contributed by atoms with Gasteiger partial charge in [-0.05, 0) is 26.2 Å². The maximum Gasteiger partial charge on any atom is 0.230 e. The van der Waals surface area contributed by atoms with E-state index in [0.29, 0.717) is 4.43 Å². The van der Waals surface area contributed by atoms with E-state index in [1.165, 1.54) is 6.42 Å². The molecular formula is C7H12INO. The zero-order valence-electron chi connectivity index (χ0n) is 6.11. The van der Waals surface area contributed by atoms with Crippen LogP contribution in [-0.4, -0.2) is 15.9 Å². The molecule has 2 nitrogen and oxygen atoms in total. The fraction of sp³-hybridized carbons (Fsp3) is 0.857. The van der Waals surface area contributed by atoms with Gasteiger partial charge in [0.25, 0.3) is 0 Å². The molecule has 0 aromatic carbocycles. The van der Waals surface area contributed by atoms with Gasteiger partial charge in [-0.15, -0.1) is 0 Å². The maximum atomic E-state index is 10.9. The Labute approximate surface area is 74.9 Å². The van der Waals surface area contributed by atoms with E-state index in [2.05, 4.69) is 34.8 Å². The number of carbonyl (C=O) groups is 1. The van der Waals surface area contributed by atoms with Crippen LogP contribution in [0.1, 0.15) is 26.2 Å². The van der Waals surface area contributed by atoms with Crippen LogP contribution in [0.2, 0.25) is 0 Å². The second-order valence-electron chi connectivity index (χ2n) is 3.10. The zero-order chi connectivity index (χ0) is 7.61. The number of carbonyl (C=O) groups excluding carboxylic acids is 1. The molecule has 1 saturated carbocycles. The van der Waals surface area contributed by atoms with Crippen LogP contribution in [0.25, 0.3) is 0 Å². The molecule has 1 rings (SSSR count). The van der Waals surface area contributed by atoms with Crippen molar-refractivity contribution in [2.45, 2.75) is 31.7 Å². The first-order chi connectivity index (χ1) is 4.66. The third-order valence-corrected chi connectivity index (χ3v) is 2.71. The molecule has 0 aromatic rings. The summed E-state index contributed by atoms with van der Waals surface area (Å²) in [4.78, 5) is 10.9. The molecule has 0 atom stereocenters. The van der Waals surface area contributed by atoms with Crippen molar-refractivity contribution >= 4 is 28.5 Å². The van der Waals surface area contributed by atoms with Gasteiger partial charge in [-0.25, -0.2) is 0 Å². The number of halogens is 1. The van der Waals surface area contributed by atoms with Crippen LogP contribution in [0, 0.1) is 0 Å². The van der Waals surface area contributed by atoms with E-state index >= 15 is 0 Å². The maximum absolute atomic E-state index is 10.9. The van der Waals surface area contributed by atoms with Gasteiger partial charge in [0.1, 0.15) is 0 Å². The van der Waals surface area contributed by atoms with Crippen molar-refractivity contribution in [1.82, 2.24) is 5.32 Å². The minimum absolute atomic E-state index is 0.141. The molecule has 1 amide bonds. The summed E-state index contributed by atoms with van der Waals surface area (Å²) in [7, 11) is 0. The number of nitrogens with one attached hydrogen (secondary N) is 1. The van der Waals surface area contributed by atoms with Crippen molar-refractivity contribution in [3.8, 4) is 0 Å². The minimum atomic E-state index is 0.141. The number of alkyl halides is 1. The molecule has 1 aliphatic rings. The predicted molar refractivity (Wildman–Crippen MR) is 49.3 cm³/mol. The van der Waals surface area contributed by atoms with Gasteiger partial charge in [0.05, 0.1) is 4.43 Å². The van der Waals surface area contributed by atoms with E-state index in [1.807, 2.05) is 0 Å². The van der Waals surface area contributed by atoms with Crippen molar-refractivity contribution in [2.75, 3.05) is 4.43 Å². The molecular weight excluding hydrogens is 241 g/mol. The highest BCUT2D eigenvalue weighted by atomic mass is 127. The number of hydrogen-bond acceptors (Lipinski definition) is 1. The standard InChI is InChI=1S/C7H12INO/c1-7(3-2-4-7)9-6(10)5-8/h2-5H2,1H3,(H,9,10). The van der Waals surface area contributed by atoms with Gasteiger partial charge in [-0.1, -0.05) is 22.6 Å². The first kappa shape index (κ1) is 8.30. The van der Waals surface area contributed by atoms with Crippen LogP contribution in [0.4, 0.5) is 0 Å². The molecule has 1 N–H and O–H groups in total. The molecule has 0 heterocycles. The van der Waals surface area contributed by atoms with Crippen LogP contribution in [0.15, 0.2) is 0 Å². The molecule has 58 valence electrons. The summed E-state index contributed by atoms with van der Waals surface area (Å²) in [5.74, 6) is 0.169. The Morgan fingerprint density at radius 3 is 2.60 bits per heavy atom. The van der Waals surface area contributed by atoms with Crippen molar-refractivity contribution < 1.29 is 4.79 Å². The van der Waals surface area contributed by atoms with Crippen molar-refractivity contribution in [2.24, 2.45) is 0 Å². The Bertz CT molecular complexity index is 143. The zero-order valence-corrected chi connectivity index (χ0v) is 8.27. The van der Waals surface area contributed by atoms with Gasteiger partial charge >= 0.3 is 0 Å². The van der Waals surface area contributed by atoms with Crippen LogP contribution >= 0.6 is 22.6 Å². The fourth-order valence-corrected chi connectivity index (χ4v) is 1.39. The summed E-state index contributed by atoms with van der Waals surface area (Å²) in [5.41, 5.74) is 0.141. The van der Waals surface area contributed by atoms with E-state index in [-0.39, 0.29) is 11.4 Å². The molecule has 0 bridgehead atoms. The molecule has 1 aliphatic carbocycles. The monoisotopic (exact) mass is 253 g/mol. The third-order valence-electron chi connectivity index (χ3n) is 2.02. The topological polar surface area (TPSA) is 29.1 Å². The average molecular weight is 253 g/mol. The van der Waals surface area contributed by atoms with Crippen LogP contribution in [0.3, 0.4) is 0 Å². The molecule has 0 aliphatic heterocycles. The lowest BCUT2D eigenvalue weighted by atomic mass is 9.78. The number of hydrogen-bond donors (Lipinski definition) is 1. The molecule has 0 unspecified atom stereocenters. The van der Waals surface area contributed by atoms with Gasteiger partial charge in [0.2, 0.25) is 5.91 Å². The third kappa shape index (κ3) is 1.84. The first-order valence-corrected chi connectivity index (χ1v) is 5.06. The molecule has 0 aromatic heterocycles. The summed E-state index contributed by atoms with van der Waals surface area (Å²) < 4.78 is 0.577. The van der Waals surface area contributed by atoms with Crippen molar-refractivity contribution in [1.29, 1.82) is 0 Å². The Balaban J connectivity index is 2.29. The summed E-state index contributed by atoms with van der Waals surface area (Å²) >= 11 is 2.08. The highest BCUT2D eigenvalue weighted by molar-refractivity contribution is 14.1. The van der Waals surface area contributed by atoms with Gasteiger partial charge in [-0.3, -0.25) is 4.79 Å². The molecule has 0 radical (unpaired) electrons. The average Bonchev–Trinajstić information content (AvgIpc) is 1.84. The largest absolute Gasteiger partial charge is 0.350 e. The van der Waals surface area contributed by atoms with Gasteiger partial charge in [0, 0.05) is 5.54 Å². The predicted octanol–water partition coefficient (Wildman–Crippen LogP) is 1.48. The molecule has 1 fully saturated rings. The SMILES string of the molecule is CC1(NC(=O)CI)CCC1.